The van der Waals surface area contributed by atoms with Gasteiger partial charge in [-0.3, -0.25) is 0 Å². The lowest BCUT2D eigenvalue weighted by molar-refractivity contribution is 0.0711. The highest BCUT2D eigenvalue weighted by Crippen LogP contribution is 2.31. The van der Waals surface area contributed by atoms with E-state index in [4.69, 9.17) is 14.2 Å². The van der Waals surface area contributed by atoms with Gasteiger partial charge in [0.2, 0.25) is 11.4 Å². The average molecular weight is 356 g/mol. The van der Waals surface area contributed by atoms with Crippen molar-refractivity contribution in [1.82, 2.24) is 9.78 Å². The van der Waals surface area contributed by atoms with Gasteiger partial charge < -0.3 is 14.2 Å². The predicted octanol–water partition coefficient (Wildman–Crippen LogP) is 3.64. The van der Waals surface area contributed by atoms with Gasteiger partial charge in [-0.1, -0.05) is 24.3 Å². The fraction of sp³-hybridized carbons (Fsp3) is 0.158. The van der Waals surface area contributed by atoms with E-state index < -0.39 is 11.8 Å². The second kappa shape index (κ2) is 7.69. The van der Waals surface area contributed by atoms with Crippen molar-refractivity contribution < 1.29 is 23.4 Å². The Labute approximate surface area is 149 Å². The van der Waals surface area contributed by atoms with Crippen LogP contribution in [0.4, 0.5) is 4.39 Å². The van der Waals surface area contributed by atoms with E-state index in [1.54, 1.807) is 13.1 Å². The smallest absolute Gasteiger partial charge is 0.368 e. The maximum atomic E-state index is 14.0. The highest BCUT2D eigenvalue weighted by molar-refractivity contribution is 5.92. The molecule has 1 aromatic heterocycles. The zero-order valence-corrected chi connectivity index (χ0v) is 14.3. The lowest BCUT2D eigenvalue weighted by atomic mass is 10.3. The third-order valence-electron chi connectivity index (χ3n) is 3.54. The van der Waals surface area contributed by atoms with Crippen molar-refractivity contribution in [2.75, 3.05) is 13.7 Å². The minimum absolute atomic E-state index is 0.0546. The van der Waals surface area contributed by atoms with Crippen LogP contribution >= 0.6 is 0 Å². The van der Waals surface area contributed by atoms with Crippen LogP contribution in [0.1, 0.15) is 17.4 Å². The predicted molar refractivity (Wildman–Crippen MR) is 92.6 cm³/mol. The molecule has 0 amide bonds. The molecule has 1 heterocycles. The number of hydrogen-bond donors (Lipinski definition) is 0. The molecule has 3 aromatic rings. The van der Waals surface area contributed by atoms with Crippen LogP contribution in [0, 0.1) is 5.82 Å². The van der Waals surface area contributed by atoms with Crippen molar-refractivity contribution >= 4 is 5.97 Å². The number of nitrogens with zero attached hydrogens (tertiary/aromatic N) is 2. The standard InChI is InChI=1S/C19H17FN2O4/c1-3-25-16-12-22(13-8-5-4-6-9-13)21-17(16)19(23)26-18-14(20)10-7-11-15(18)24-2/h4-12H,3H2,1-2H3. The number of carbonyl (C=O) groups is 1. The zero-order chi connectivity index (χ0) is 18.5. The van der Waals surface area contributed by atoms with Gasteiger partial charge in [-0.15, -0.1) is 0 Å². The molecule has 0 fully saturated rings. The summed E-state index contributed by atoms with van der Waals surface area (Å²) >= 11 is 0. The lowest BCUT2D eigenvalue weighted by Crippen LogP contribution is -2.13. The van der Waals surface area contributed by atoms with Gasteiger partial charge in [-0.05, 0) is 31.2 Å². The number of carbonyl (C=O) groups excluding carboxylic acids is 1. The molecule has 0 aliphatic heterocycles. The van der Waals surface area contributed by atoms with Gasteiger partial charge in [0.1, 0.15) is 0 Å². The Morgan fingerprint density at radius 2 is 1.88 bits per heavy atom. The highest BCUT2D eigenvalue weighted by Gasteiger charge is 2.23. The molecule has 7 heteroatoms. The Morgan fingerprint density at radius 1 is 1.12 bits per heavy atom. The molecular weight excluding hydrogens is 339 g/mol. The number of rotatable bonds is 6. The molecule has 0 radical (unpaired) electrons. The Hall–Kier alpha value is -3.35. The van der Waals surface area contributed by atoms with Crippen molar-refractivity contribution in [3.05, 3.63) is 66.2 Å². The van der Waals surface area contributed by atoms with Gasteiger partial charge in [0, 0.05) is 0 Å². The van der Waals surface area contributed by atoms with E-state index in [9.17, 15) is 9.18 Å². The minimum Gasteiger partial charge on any atom is -0.493 e. The summed E-state index contributed by atoms with van der Waals surface area (Å²) in [4.78, 5) is 12.6. The molecule has 0 aliphatic carbocycles. The van der Waals surface area contributed by atoms with Crippen molar-refractivity contribution in [3.63, 3.8) is 0 Å². The third kappa shape index (κ3) is 3.51. The van der Waals surface area contributed by atoms with Crippen LogP contribution in [-0.4, -0.2) is 29.5 Å². The van der Waals surface area contributed by atoms with Gasteiger partial charge >= 0.3 is 5.97 Å². The van der Waals surface area contributed by atoms with Gasteiger partial charge in [0.05, 0.1) is 25.6 Å². The second-order valence-corrected chi connectivity index (χ2v) is 5.22. The summed E-state index contributed by atoms with van der Waals surface area (Å²) in [6.45, 7) is 2.12. The first-order valence-electron chi connectivity index (χ1n) is 7.96. The van der Waals surface area contributed by atoms with Gasteiger partial charge in [0.15, 0.2) is 17.3 Å². The summed E-state index contributed by atoms with van der Waals surface area (Å²) in [6.07, 6.45) is 1.58. The number of ether oxygens (including phenoxy) is 3. The molecule has 2 aromatic carbocycles. The first-order valence-corrected chi connectivity index (χ1v) is 7.96. The molecule has 0 spiro atoms. The van der Waals surface area contributed by atoms with Crippen molar-refractivity contribution in [2.24, 2.45) is 0 Å². The molecule has 0 saturated carbocycles. The fourth-order valence-electron chi connectivity index (χ4n) is 2.36. The molecule has 6 nitrogen and oxygen atoms in total. The van der Waals surface area contributed by atoms with Gasteiger partial charge in [-0.25, -0.2) is 13.9 Å². The summed E-state index contributed by atoms with van der Waals surface area (Å²) in [5, 5.41) is 4.23. The summed E-state index contributed by atoms with van der Waals surface area (Å²) < 4.78 is 31.2. The summed E-state index contributed by atoms with van der Waals surface area (Å²) in [5.41, 5.74) is 0.692. The maximum absolute atomic E-state index is 14.0. The van der Waals surface area contributed by atoms with Crippen LogP contribution in [0.2, 0.25) is 0 Å². The number of para-hydroxylation sites is 2. The van der Waals surface area contributed by atoms with Crippen molar-refractivity contribution in [2.45, 2.75) is 6.92 Å². The summed E-state index contributed by atoms with van der Waals surface area (Å²) in [7, 11) is 1.36. The van der Waals surface area contributed by atoms with E-state index in [1.165, 1.54) is 30.0 Å². The number of benzene rings is 2. The normalized spacial score (nSPS) is 10.4. The minimum atomic E-state index is -0.841. The molecular formula is C19H17FN2O4. The van der Waals surface area contributed by atoms with E-state index in [0.29, 0.717) is 6.61 Å². The Bertz CT molecular complexity index is 909. The van der Waals surface area contributed by atoms with E-state index in [0.717, 1.165) is 5.69 Å². The number of aromatic nitrogens is 2. The van der Waals surface area contributed by atoms with Crippen LogP contribution in [0.3, 0.4) is 0 Å². The fourth-order valence-corrected chi connectivity index (χ4v) is 2.36. The molecule has 0 saturated heterocycles. The quantitative estimate of drug-likeness (QED) is 0.498. The Morgan fingerprint density at radius 3 is 2.58 bits per heavy atom. The van der Waals surface area contributed by atoms with Crippen molar-refractivity contribution in [3.8, 4) is 22.9 Å². The van der Waals surface area contributed by atoms with E-state index in [2.05, 4.69) is 5.10 Å². The molecule has 0 unspecified atom stereocenters. The van der Waals surface area contributed by atoms with Gasteiger partial charge in [0.25, 0.3) is 0 Å². The maximum Gasteiger partial charge on any atom is 0.368 e. The molecule has 3 rings (SSSR count). The molecule has 0 aliphatic rings. The SMILES string of the molecule is CCOc1cn(-c2ccccc2)nc1C(=O)Oc1c(F)cccc1OC. The topological polar surface area (TPSA) is 62.6 Å². The van der Waals surface area contributed by atoms with E-state index in [1.807, 2.05) is 30.3 Å². The largest absolute Gasteiger partial charge is 0.493 e. The first-order chi connectivity index (χ1) is 12.6. The average Bonchev–Trinajstić information content (AvgIpc) is 3.08. The molecule has 0 bridgehead atoms. The molecule has 0 N–H and O–H groups in total. The monoisotopic (exact) mass is 356 g/mol. The highest BCUT2D eigenvalue weighted by atomic mass is 19.1. The van der Waals surface area contributed by atoms with Crippen LogP contribution < -0.4 is 14.2 Å². The van der Waals surface area contributed by atoms with Crippen LogP contribution in [0.15, 0.2) is 54.7 Å². The van der Waals surface area contributed by atoms with Crippen LogP contribution in [0.5, 0.6) is 17.2 Å². The first kappa shape index (κ1) is 17.5. The second-order valence-electron chi connectivity index (χ2n) is 5.22. The Kier molecular flexibility index (Phi) is 5.17. The zero-order valence-electron chi connectivity index (χ0n) is 14.3. The summed E-state index contributed by atoms with van der Waals surface area (Å²) in [6, 6.07) is 13.4. The number of hydrogen-bond acceptors (Lipinski definition) is 5. The van der Waals surface area contributed by atoms with Gasteiger partial charge in [-0.2, -0.15) is 5.10 Å². The van der Waals surface area contributed by atoms with E-state index >= 15 is 0 Å². The van der Waals surface area contributed by atoms with E-state index in [-0.39, 0.29) is 22.9 Å². The molecule has 0 atom stereocenters. The Balaban J connectivity index is 1.95. The van der Waals surface area contributed by atoms with Crippen molar-refractivity contribution in [1.29, 1.82) is 0 Å². The number of methoxy groups -OCH3 is 1. The number of halogens is 1. The molecule has 26 heavy (non-hydrogen) atoms. The van der Waals surface area contributed by atoms with Crippen LogP contribution in [0.25, 0.3) is 5.69 Å². The number of esters is 1. The lowest BCUT2D eigenvalue weighted by Gasteiger charge is -2.09. The third-order valence-corrected chi connectivity index (χ3v) is 3.54. The molecule has 134 valence electrons. The summed E-state index contributed by atoms with van der Waals surface area (Å²) in [5.74, 6) is -1.49. The van der Waals surface area contributed by atoms with Crippen LogP contribution in [-0.2, 0) is 0 Å².